The van der Waals surface area contributed by atoms with Gasteiger partial charge < -0.3 is 4.57 Å². The lowest BCUT2D eigenvalue weighted by Crippen LogP contribution is -2.07. The van der Waals surface area contributed by atoms with E-state index in [0.29, 0.717) is 17.6 Å². The van der Waals surface area contributed by atoms with Crippen LogP contribution in [0.3, 0.4) is 0 Å². The molecule has 0 aliphatic carbocycles. The zero-order valence-electron chi connectivity index (χ0n) is 33.6. The first-order valence-corrected chi connectivity index (χ1v) is 21.0. The van der Waals surface area contributed by atoms with Crippen LogP contribution in [-0.4, -0.2) is 24.1 Å². The lowest BCUT2D eigenvalue weighted by molar-refractivity contribution is 0.953. The molecule has 0 radical (unpaired) electrons. The summed E-state index contributed by atoms with van der Waals surface area (Å²) in [7, 11) is 0. The van der Waals surface area contributed by atoms with Crippen LogP contribution in [0.25, 0.3) is 111 Å². The number of nitrogens with zero attached hydrogens (tertiary/aromatic N) is 5. The van der Waals surface area contributed by atoms with Gasteiger partial charge in [0.05, 0.1) is 22.1 Å². The molecule has 0 atom stereocenters. The van der Waals surface area contributed by atoms with Crippen LogP contribution < -0.4 is 0 Å². The third kappa shape index (κ3) is 5.90. The zero-order valence-corrected chi connectivity index (χ0v) is 33.6. The third-order valence-electron chi connectivity index (χ3n) is 11.9. The molecule has 290 valence electrons. The van der Waals surface area contributed by atoms with Gasteiger partial charge in [-0.15, -0.1) is 0 Å². The molecule has 0 unspecified atom stereocenters. The van der Waals surface area contributed by atoms with Crippen LogP contribution in [0.2, 0.25) is 0 Å². The van der Waals surface area contributed by atoms with Gasteiger partial charge in [0.25, 0.3) is 0 Å². The van der Waals surface area contributed by atoms with Crippen LogP contribution in [0.1, 0.15) is 0 Å². The molecule has 5 heteroatoms. The largest absolute Gasteiger partial charge is 0.307 e. The molecule has 12 aromatic rings. The second-order valence-corrected chi connectivity index (χ2v) is 15.6. The number of fused-ring (bicyclic) bond motifs is 7. The van der Waals surface area contributed by atoms with Crippen molar-refractivity contribution < 1.29 is 0 Å². The van der Waals surface area contributed by atoms with Crippen LogP contribution in [0.5, 0.6) is 0 Å². The fourth-order valence-corrected chi connectivity index (χ4v) is 9.15. The number of aromatic nitrogens is 5. The smallest absolute Gasteiger partial charge is 0.238 e. The molecule has 0 amide bonds. The van der Waals surface area contributed by atoms with E-state index in [2.05, 4.69) is 197 Å². The van der Waals surface area contributed by atoms with E-state index in [0.717, 1.165) is 77.3 Å². The molecule has 62 heavy (non-hydrogen) atoms. The highest BCUT2D eigenvalue weighted by Crippen LogP contribution is 2.47. The lowest BCUT2D eigenvalue weighted by atomic mass is 9.90. The van der Waals surface area contributed by atoms with Crippen LogP contribution in [0, 0.1) is 0 Å². The number of benzene rings is 9. The summed E-state index contributed by atoms with van der Waals surface area (Å²) in [5, 5.41) is 4.54. The number of hydrogen-bond donors (Lipinski definition) is 0. The van der Waals surface area contributed by atoms with Crippen LogP contribution in [-0.2, 0) is 0 Å². The van der Waals surface area contributed by atoms with E-state index < -0.39 is 0 Å². The van der Waals surface area contributed by atoms with Crippen molar-refractivity contribution in [3.8, 4) is 67.8 Å². The second kappa shape index (κ2) is 14.7. The summed E-state index contributed by atoms with van der Waals surface area (Å²) in [5.41, 5.74) is 14.1. The summed E-state index contributed by atoms with van der Waals surface area (Å²) in [6, 6.07) is 79.4. The number of rotatable bonds is 7. The fraction of sp³-hybridized carbons (Fsp3) is 0. The van der Waals surface area contributed by atoms with E-state index in [1.165, 1.54) is 16.5 Å². The molecule has 3 heterocycles. The molecular formula is C57H37N5. The molecule has 12 rings (SSSR count). The van der Waals surface area contributed by atoms with Gasteiger partial charge in [-0.05, 0) is 81.9 Å². The summed E-state index contributed by atoms with van der Waals surface area (Å²) in [6.07, 6.45) is 0. The fourth-order valence-electron chi connectivity index (χ4n) is 9.15. The third-order valence-corrected chi connectivity index (χ3v) is 11.9. The zero-order chi connectivity index (χ0) is 41.0. The Kier molecular flexibility index (Phi) is 8.42. The Morgan fingerprint density at radius 3 is 1.27 bits per heavy atom. The topological polar surface area (TPSA) is 48.5 Å². The monoisotopic (exact) mass is 791 g/mol. The van der Waals surface area contributed by atoms with Gasteiger partial charge in [-0.2, -0.15) is 9.97 Å². The van der Waals surface area contributed by atoms with Gasteiger partial charge in [0, 0.05) is 38.4 Å². The second-order valence-electron chi connectivity index (χ2n) is 15.6. The summed E-state index contributed by atoms with van der Waals surface area (Å²) in [4.78, 5) is 15.9. The predicted molar refractivity (Wildman–Crippen MR) is 256 cm³/mol. The number of hydrogen-bond acceptors (Lipinski definition) is 3. The molecule has 0 aliphatic heterocycles. The van der Waals surface area contributed by atoms with Gasteiger partial charge in [-0.1, -0.05) is 176 Å². The SMILES string of the molecule is c1ccc(-c2cc(-c3ccccc3)cc(-c3cc4c5ccccc5n(-c5ccccc5)c4c4c3c3ccccc3n4-c3nc(-c4ccccc4)nc(-c4ccccc4)n3)c2)cc1. The van der Waals surface area contributed by atoms with Crippen molar-refractivity contribution in [2.45, 2.75) is 0 Å². The summed E-state index contributed by atoms with van der Waals surface area (Å²) < 4.78 is 4.70. The highest BCUT2D eigenvalue weighted by molar-refractivity contribution is 6.28. The van der Waals surface area contributed by atoms with Crippen LogP contribution in [0.4, 0.5) is 0 Å². The molecular weight excluding hydrogens is 755 g/mol. The Balaban J connectivity index is 1.28. The maximum absolute atomic E-state index is 5.38. The van der Waals surface area contributed by atoms with Crippen molar-refractivity contribution in [3.63, 3.8) is 0 Å². The summed E-state index contributed by atoms with van der Waals surface area (Å²) in [5.74, 6) is 1.77. The van der Waals surface area contributed by atoms with Gasteiger partial charge in [0.1, 0.15) is 0 Å². The Labute approximate surface area is 358 Å². The Hall–Kier alpha value is -8.41. The normalized spacial score (nSPS) is 11.5. The molecule has 0 N–H and O–H groups in total. The van der Waals surface area contributed by atoms with Gasteiger partial charge >= 0.3 is 0 Å². The van der Waals surface area contributed by atoms with E-state index in [1.807, 2.05) is 36.4 Å². The van der Waals surface area contributed by atoms with Crippen LogP contribution >= 0.6 is 0 Å². The van der Waals surface area contributed by atoms with Gasteiger partial charge in [0.2, 0.25) is 5.95 Å². The molecule has 3 aromatic heterocycles. The predicted octanol–water partition coefficient (Wildman–Crippen LogP) is 14.4. The summed E-state index contributed by atoms with van der Waals surface area (Å²) >= 11 is 0. The van der Waals surface area contributed by atoms with Gasteiger partial charge in [-0.3, -0.25) is 4.57 Å². The minimum absolute atomic E-state index is 0.551. The highest BCUT2D eigenvalue weighted by Gasteiger charge is 2.26. The average molecular weight is 792 g/mol. The van der Waals surface area contributed by atoms with E-state index in [-0.39, 0.29) is 0 Å². The van der Waals surface area contributed by atoms with Gasteiger partial charge in [-0.25, -0.2) is 4.98 Å². The van der Waals surface area contributed by atoms with E-state index in [4.69, 9.17) is 15.0 Å². The van der Waals surface area contributed by atoms with Crippen molar-refractivity contribution in [1.82, 2.24) is 24.1 Å². The molecule has 0 fully saturated rings. The van der Waals surface area contributed by atoms with Gasteiger partial charge in [0.15, 0.2) is 11.6 Å². The van der Waals surface area contributed by atoms with Crippen LogP contribution in [0.15, 0.2) is 224 Å². The molecule has 5 nitrogen and oxygen atoms in total. The Bertz CT molecular complexity index is 3480. The van der Waals surface area contributed by atoms with Crippen molar-refractivity contribution in [1.29, 1.82) is 0 Å². The maximum atomic E-state index is 5.38. The lowest BCUT2D eigenvalue weighted by Gasteiger charge is -2.16. The van der Waals surface area contributed by atoms with Crippen molar-refractivity contribution in [2.75, 3.05) is 0 Å². The standard InChI is InChI=1S/C57H37N5/c1-6-20-38(21-7-1)42-34-43(39-22-8-2-9-23-39)36-44(35-42)48-37-49-46-30-16-18-32-50(46)61(45-28-14-5-15-29-45)53(49)54-52(48)47-31-17-19-33-51(47)62(54)57-59-55(40-24-10-3-11-25-40)58-56(60-57)41-26-12-4-13-27-41/h1-37H. The van der Waals surface area contributed by atoms with E-state index in [1.54, 1.807) is 0 Å². The maximum Gasteiger partial charge on any atom is 0.238 e. The molecule has 0 bridgehead atoms. The highest BCUT2D eigenvalue weighted by atomic mass is 15.2. The van der Waals surface area contributed by atoms with Crippen molar-refractivity contribution in [3.05, 3.63) is 224 Å². The first-order valence-electron chi connectivity index (χ1n) is 21.0. The van der Waals surface area contributed by atoms with Crippen molar-refractivity contribution >= 4 is 43.6 Å². The Morgan fingerprint density at radius 1 is 0.290 bits per heavy atom. The van der Waals surface area contributed by atoms with E-state index in [9.17, 15) is 0 Å². The first-order chi connectivity index (χ1) is 30.8. The molecule has 0 saturated heterocycles. The summed E-state index contributed by atoms with van der Waals surface area (Å²) in [6.45, 7) is 0. The first kappa shape index (κ1) is 35.5. The number of para-hydroxylation sites is 3. The van der Waals surface area contributed by atoms with E-state index >= 15 is 0 Å². The average Bonchev–Trinajstić information content (AvgIpc) is 3.88. The minimum Gasteiger partial charge on any atom is -0.307 e. The molecule has 0 spiro atoms. The Morgan fingerprint density at radius 2 is 0.726 bits per heavy atom. The molecule has 0 aliphatic rings. The minimum atomic E-state index is 0.551. The quantitative estimate of drug-likeness (QED) is 0.162. The van der Waals surface area contributed by atoms with Crippen molar-refractivity contribution in [2.24, 2.45) is 0 Å². The molecule has 9 aromatic carbocycles. The molecule has 0 saturated carbocycles.